The Bertz CT molecular complexity index is 994. The highest BCUT2D eigenvalue weighted by Crippen LogP contribution is 2.17. The van der Waals surface area contributed by atoms with Gasteiger partial charge >= 0.3 is 0 Å². The van der Waals surface area contributed by atoms with E-state index in [2.05, 4.69) is 14.9 Å². The van der Waals surface area contributed by atoms with Crippen LogP contribution in [0.15, 0.2) is 53.6 Å². The van der Waals surface area contributed by atoms with Crippen LogP contribution >= 0.6 is 0 Å². The number of rotatable bonds is 5. The molecule has 0 aliphatic carbocycles. The number of nitrogens with one attached hydrogen (secondary N) is 1. The Morgan fingerprint density at radius 2 is 1.83 bits per heavy atom. The number of hydrogen-bond donors (Lipinski definition) is 1. The van der Waals surface area contributed by atoms with Gasteiger partial charge in [0.15, 0.2) is 17.3 Å². The average Bonchev–Trinajstić information content (AvgIpc) is 2.98. The quantitative estimate of drug-likeness (QED) is 0.714. The van der Waals surface area contributed by atoms with E-state index in [-0.39, 0.29) is 10.7 Å². The molecule has 0 aliphatic rings. The van der Waals surface area contributed by atoms with Crippen molar-refractivity contribution in [3.63, 3.8) is 0 Å². The Morgan fingerprint density at radius 3 is 2.50 bits per heavy atom. The van der Waals surface area contributed by atoms with Crippen molar-refractivity contribution in [1.29, 1.82) is 0 Å². The van der Waals surface area contributed by atoms with Gasteiger partial charge in [-0.05, 0) is 38.1 Å². The van der Waals surface area contributed by atoms with Gasteiger partial charge in [0.05, 0.1) is 10.9 Å². The summed E-state index contributed by atoms with van der Waals surface area (Å²) in [6.07, 6.45) is 1.77. The van der Waals surface area contributed by atoms with Gasteiger partial charge in [-0.1, -0.05) is 18.2 Å². The van der Waals surface area contributed by atoms with Crippen molar-refractivity contribution in [3.05, 3.63) is 60.0 Å². The lowest BCUT2D eigenvalue weighted by Gasteiger charge is -2.13. The van der Waals surface area contributed by atoms with Crippen molar-refractivity contribution in [2.24, 2.45) is 0 Å². The van der Waals surface area contributed by atoms with E-state index in [1.54, 1.807) is 23.6 Å². The van der Waals surface area contributed by atoms with E-state index < -0.39 is 16.1 Å². The topological polar surface area (TPSA) is 93.4 Å². The van der Waals surface area contributed by atoms with Gasteiger partial charge in [-0.25, -0.2) is 13.1 Å². The van der Waals surface area contributed by atoms with E-state index in [4.69, 9.17) is 0 Å². The Morgan fingerprint density at radius 1 is 1.12 bits per heavy atom. The zero-order valence-corrected chi connectivity index (χ0v) is 14.0. The van der Waals surface area contributed by atoms with Crippen LogP contribution in [-0.4, -0.2) is 28.8 Å². The highest BCUT2D eigenvalue weighted by molar-refractivity contribution is 7.89. The molecule has 0 bridgehead atoms. The molecular formula is C16H16N4O3S. The molecule has 0 unspecified atom stereocenters. The summed E-state index contributed by atoms with van der Waals surface area (Å²) >= 11 is 0. The van der Waals surface area contributed by atoms with Gasteiger partial charge in [-0.3, -0.25) is 9.20 Å². The van der Waals surface area contributed by atoms with Crippen molar-refractivity contribution < 1.29 is 13.2 Å². The molecule has 0 fully saturated rings. The van der Waals surface area contributed by atoms with Crippen LogP contribution in [0.25, 0.3) is 5.65 Å². The zero-order chi connectivity index (χ0) is 17.3. The number of ketones is 1. The number of sulfonamides is 1. The number of Topliss-reactive ketones (excluding diaryl/α,β-unsaturated/α-hetero) is 1. The summed E-state index contributed by atoms with van der Waals surface area (Å²) in [5, 5.41) is 8.07. The van der Waals surface area contributed by atoms with E-state index in [9.17, 15) is 13.2 Å². The molecule has 0 amide bonds. The van der Waals surface area contributed by atoms with E-state index in [0.717, 1.165) is 0 Å². The molecule has 3 rings (SSSR count). The van der Waals surface area contributed by atoms with E-state index >= 15 is 0 Å². The van der Waals surface area contributed by atoms with Crippen LogP contribution in [0.3, 0.4) is 0 Å². The molecule has 1 aromatic carbocycles. The molecule has 0 aliphatic heterocycles. The second kappa shape index (κ2) is 6.14. The average molecular weight is 344 g/mol. The molecule has 1 N–H and O–H groups in total. The van der Waals surface area contributed by atoms with Gasteiger partial charge < -0.3 is 0 Å². The first kappa shape index (κ1) is 16.3. The number of carbonyl (C=O) groups is 1. The van der Waals surface area contributed by atoms with E-state index in [0.29, 0.717) is 17.0 Å². The highest BCUT2D eigenvalue weighted by Gasteiger charge is 2.21. The number of aromatic nitrogens is 3. The molecule has 2 heterocycles. The van der Waals surface area contributed by atoms with Gasteiger partial charge in [-0.2, -0.15) is 0 Å². The molecule has 8 heteroatoms. The fourth-order valence-corrected chi connectivity index (χ4v) is 3.58. The van der Waals surface area contributed by atoms with E-state index in [1.165, 1.54) is 31.2 Å². The molecule has 7 nitrogen and oxygen atoms in total. The first-order valence-electron chi connectivity index (χ1n) is 7.31. The molecule has 0 saturated heterocycles. The first-order valence-corrected chi connectivity index (χ1v) is 8.80. The van der Waals surface area contributed by atoms with Crippen molar-refractivity contribution in [1.82, 2.24) is 19.3 Å². The molecule has 24 heavy (non-hydrogen) atoms. The second-order valence-electron chi connectivity index (χ2n) is 5.41. The van der Waals surface area contributed by atoms with Gasteiger partial charge in [-0.15, -0.1) is 10.2 Å². The van der Waals surface area contributed by atoms with Crippen LogP contribution in [0.5, 0.6) is 0 Å². The number of benzene rings is 1. The normalized spacial score (nSPS) is 13.1. The largest absolute Gasteiger partial charge is 0.295 e. The second-order valence-corrected chi connectivity index (χ2v) is 7.12. The lowest BCUT2D eigenvalue weighted by Crippen LogP contribution is -2.28. The lowest BCUT2D eigenvalue weighted by atomic mass is 10.2. The van der Waals surface area contributed by atoms with Gasteiger partial charge in [0.25, 0.3) is 0 Å². The summed E-state index contributed by atoms with van der Waals surface area (Å²) in [6, 6.07) is 10.7. The number of nitrogens with zero attached hydrogens (tertiary/aromatic N) is 3. The summed E-state index contributed by atoms with van der Waals surface area (Å²) in [5.74, 6) is 0.379. The van der Waals surface area contributed by atoms with Crippen molar-refractivity contribution in [3.8, 4) is 0 Å². The Hall–Kier alpha value is -2.58. The fourth-order valence-electron chi connectivity index (χ4n) is 2.38. The van der Waals surface area contributed by atoms with Crippen LogP contribution in [0, 0.1) is 0 Å². The predicted molar refractivity (Wildman–Crippen MR) is 88.2 cm³/mol. The third kappa shape index (κ3) is 3.06. The molecule has 124 valence electrons. The number of fused-ring (bicyclic) bond motifs is 1. The summed E-state index contributed by atoms with van der Waals surface area (Å²) in [4.78, 5) is 11.4. The molecule has 0 saturated carbocycles. The van der Waals surface area contributed by atoms with Gasteiger partial charge in [0.1, 0.15) is 0 Å². The minimum atomic E-state index is -3.74. The predicted octanol–water partition coefficient (Wildman–Crippen LogP) is 1.97. The fraction of sp³-hybridized carbons (Fsp3) is 0.188. The highest BCUT2D eigenvalue weighted by atomic mass is 32.2. The van der Waals surface area contributed by atoms with Crippen molar-refractivity contribution in [2.75, 3.05) is 0 Å². The number of pyridine rings is 1. The summed E-state index contributed by atoms with van der Waals surface area (Å²) < 4.78 is 29.3. The Labute approximate surface area is 139 Å². The van der Waals surface area contributed by atoms with Gasteiger partial charge in [0.2, 0.25) is 10.0 Å². The van der Waals surface area contributed by atoms with Crippen LogP contribution in [0.4, 0.5) is 0 Å². The Kier molecular flexibility index (Phi) is 4.16. The number of carbonyl (C=O) groups excluding carboxylic acids is 1. The maximum Gasteiger partial charge on any atom is 0.241 e. The molecule has 2 aromatic heterocycles. The molecule has 3 aromatic rings. The standard InChI is InChI=1S/C16H16N4O3S/c1-11(16-18-17-15-5-3-4-10-20(15)16)19-24(22,23)14-8-6-13(7-9-14)12(2)21/h3-11,19H,1-2H3/t11-/m0/s1. The third-order valence-electron chi connectivity index (χ3n) is 3.63. The minimum Gasteiger partial charge on any atom is -0.295 e. The van der Waals surface area contributed by atoms with Gasteiger partial charge in [0, 0.05) is 11.8 Å². The lowest BCUT2D eigenvalue weighted by molar-refractivity contribution is 0.101. The third-order valence-corrected chi connectivity index (χ3v) is 5.19. The molecular weight excluding hydrogens is 328 g/mol. The minimum absolute atomic E-state index is 0.0909. The zero-order valence-electron chi connectivity index (χ0n) is 13.2. The van der Waals surface area contributed by atoms with E-state index in [1.807, 2.05) is 12.1 Å². The van der Waals surface area contributed by atoms with Crippen LogP contribution in [0.2, 0.25) is 0 Å². The van der Waals surface area contributed by atoms with Crippen molar-refractivity contribution in [2.45, 2.75) is 24.8 Å². The summed E-state index contributed by atoms with van der Waals surface area (Å²) in [6.45, 7) is 3.13. The maximum absolute atomic E-state index is 12.5. The Balaban J connectivity index is 1.87. The van der Waals surface area contributed by atoms with Crippen LogP contribution in [0.1, 0.15) is 36.1 Å². The monoisotopic (exact) mass is 344 g/mol. The van der Waals surface area contributed by atoms with Crippen molar-refractivity contribution >= 4 is 21.5 Å². The molecule has 0 radical (unpaired) electrons. The number of hydrogen-bond acceptors (Lipinski definition) is 5. The SMILES string of the molecule is CC(=O)c1ccc(S(=O)(=O)N[C@@H](C)c2nnc3ccccn23)cc1. The first-order chi connectivity index (χ1) is 11.4. The van der Waals surface area contributed by atoms with Crippen LogP contribution in [-0.2, 0) is 10.0 Å². The summed E-state index contributed by atoms with van der Waals surface area (Å²) in [7, 11) is -3.74. The smallest absolute Gasteiger partial charge is 0.241 e. The maximum atomic E-state index is 12.5. The molecule has 0 spiro atoms. The molecule has 1 atom stereocenters. The van der Waals surface area contributed by atoms with Crippen LogP contribution < -0.4 is 4.72 Å². The summed E-state index contributed by atoms with van der Waals surface area (Å²) in [5.41, 5.74) is 1.11.